The number of thiazole rings is 1. The number of anilines is 1. The Morgan fingerprint density at radius 3 is 2.66 bits per heavy atom. The maximum Gasteiger partial charge on any atom is 0.273 e. The average Bonchev–Trinajstić information content (AvgIpc) is 3.75. The smallest absolute Gasteiger partial charge is 0.273 e. The van der Waals surface area contributed by atoms with Crippen molar-refractivity contribution in [1.29, 1.82) is 0 Å². The van der Waals surface area contributed by atoms with Crippen molar-refractivity contribution in [2.24, 2.45) is 0 Å². The molecular formula is C30H26F2N6O2S. The quantitative estimate of drug-likeness (QED) is 0.308. The second-order valence-corrected chi connectivity index (χ2v) is 11.3. The molecule has 0 spiro atoms. The molecule has 0 radical (unpaired) electrons. The Hall–Kier alpha value is -4.22. The number of aliphatic hydroxyl groups excluding tert-OH is 1. The summed E-state index contributed by atoms with van der Waals surface area (Å²) in [5.74, 6) is -0.852. The first-order valence-corrected chi connectivity index (χ1v) is 14.3. The number of amides is 1. The van der Waals surface area contributed by atoms with Crippen LogP contribution in [0.2, 0.25) is 0 Å². The summed E-state index contributed by atoms with van der Waals surface area (Å²) in [5.41, 5.74) is 3.74. The van der Waals surface area contributed by atoms with Gasteiger partial charge >= 0.3 is 0 Å². The zero-order chi connectivity index (χ0) is 28.2. The molecule has 5 heterocycles. The fourth-order valence-electron chi connectivity index (χ4n) is 5.78. The van der Waals surface area contributed by atoms with E-state index < -0.39 is 24.0 Å². The van der Waals surface area contributed by atoms with E-state index in [2.05, 4.69) is 15.1 Å². The van der Waals surface area contributed by atoms with Gasteiger partial charge in [-0.15, -0.1) is 11.3 Å². The summed E-state index contributed by atoms with van der Waals surface area (Å²) in [6.07, 6.45) is 0.590. The molecule has 5 aromatic rings. The van der Waals surface area contributed by atoms with E-state index in [1.807, 2.05) is 35.4 Å². The minimum absolute atomic E-state index is 0.0768. The van der Waals surface area contributed by atoms with Crippen molar-refractivity contribution in [2.75, 3.05) is 24.5 Å². The molecule has 8 nitrogen and oxygen atoms in total. The lowest BCUT2D eigenvalue weighted by Crippen LogP contribution is -2.40. The van der Waals surface area contributed by atoms with E-state index in [0.717, 1.165) is 5.56 Å². The maximum atomic E-state index is 15.4. The Morgan fingerprint density at radius 1 is 1.10 bits per heavy atom. The van der Waals surface area contributed by atoms with Gasteiger partial charge in [-0.25, -0.2) is 23.3 Å². The van der Waals surface area contributed by atoms with Crippen molar-refractivity contribution in [3.05, 3.63) is 88.8 Å². The molecule has 1 fully saturated rings. The number of benzene rings is 2. The third-order valence-corrected chi connectivity index (χ3v) is 8.72. The number of carbonyl (C=O) groups excluding carboxylic acids is 1. The standard InChI is InChI=1S/C30H26F2N6O2S/c1-17-20-4-2-3-5-21(20)24(32)16-37(17)30(40)26-13-27(29-33-9-11-41-29)38-28(34-26)14-25(35-38)22-7-6-18(12-23(22)31)36-10-8-19(39)15-36/h2-7,9,11-14,17,19,24,39H,8,10,15-16H2,1H3. The molecule has 0 bridgehead atoms. The third-order valence-electron chi connectivity index (χ3n) is 7.92. The molecule has 0 saturated carbocycles. The molecule has 7 rings (SSSR count). The number of rotatable bonds is 4. The zero-order valence-corrected chi connectivity index (χ0v) is 22.9. The molecule has 0 aliphatic carbocycles. The largest absolute Gasteiger partial charge is 0.391 e. The van der Waals surface area contributed by atoms with E-state index in [1.165, 1.54) is 22.3 Å². The van der Waals surface area contributed by atoms with Crippen LogP contribution in [0.25, 0.3) is 27.6 Å². The number of aliphatic hydroxyl groups is 1. The Labute approximate surface area is 238 Å². The number of fused-ring (bicyclic) bond motifs is 2. The van der Waals surface area contributed by atoms with Gasteiger partial charge in [0.05, 0.1) is 24.4 Å². The Bertz CT molecular complexity index is 1770. The fourth-order valence-corrected chi connectivity index (χ4v) is 6.42. The molecule has 11 heteroatoms. The summed E-state index contributed by atoms with van der Waals surface area (Å²) in [7, 11) is 0. The third kappa shape index (κ3) is 4.45. The van der Waals surface area contributed by atoms with Crippen LogP contribution < -0.4 is 4.90 Å². The summed E-state index contributed by atoms with van der Waals surface area (Å²) in [5, 5.41) is 16.9. The average molecular weight is 573 g/mol. The van der Waals surface area contributed by atoms with Crippen molar-refractivity contribution < 1.29 is 18.7 Å². The monoisotopic (exact) mass is 572 g/mol. The summed E-state index contributed by atoms with van der Waals surface area (Å²) < 4.78 is 32.1. The summed E-state index contributed by atoms with van der Waals surface area (Å²) in [6, 6.07) is 15.1. The first-order valence-electron chi connectivity index (χ1n) is 13.4. The van der Waals surface area contributed by atoms with Crippen molar-refractivity contribution in [3.63, 3.8) is 0 Å². The van der Waals surface area contributed by atoms with Gasteiger partial charge in [0.15, 0.2) is 5.65 Å². The zero-order valence-electron chi connectivity index (χ0n) is 22.1. The van der Waals surface area contributed by atoms with Gasteiger partial charge in [-0.05, 0) is 48.7 Å². The van der Waals surface area contributed by atoms with Crippen LogP contribution in [0.4, 0.5) is 14.5 Å². The van der Waals surface area contributed by atoms with E-state index in [-0.39, 0.29) is 18.3 Å². The first-order chi connectivity index (χ1) is 19.9. The van der Waals surface area contributed by atoms with E-state index in [9.17, 15) is 9.90 Å². The van der Waals surface area contributed by atoms with E-state index >= 15 is 8.78 Å². The van der Waals surface area contributed by atoms with Crippen LogP contribution in [0.15, 0.2) is 66.2 Å². The second kappa shape index (κ2) is 10.0. The highest BCUT2D eigenvalue weighted by Crippen LogP contribution is 2.38. The SMILES string of the molecule is CC1c2ccccc2C(F)CN1C(=O)c1cc(-c2nccs2)n2nc(-c3ccc(N4CCC(O)C4)cc3F)cc2n1. The Morgan fingerprint density at radius 2 is 1.93 bits per heavy atom. The van der Waals surface area contributed by atoms with Crippen molar-refractivity contribution in [2.45, 2.75) is 31.7 Å². The highest BCUT2D eigenvalue weighted by molar-refractivity contribution is 7.13. The van der Waals surface area contributed by atoms with E-state index in [1.54, 1.807) is 41.0 Å². The van der Waals surface area contributed by atoms with Crippen LogP contribution in [-0.4, -0.2) is 61.2 Å². The van der Waals surface area contributed by atoms with Crippen LogP contribution in [0.1, 0.15) is 47.2 Å². The van der Waals surface area contributed by atoms with Gasteiger partial charge in [-0.1, -0.05) is 24.3 Å². The van der Waals surface area contributed by atoms with Gasteiger partial charge < -0.3 is 14.9 Å². The van der Waals surface area contributed by atoms with Crippen molar-refractivity contribution >= 4 is 28.6 Å². The number of hydrogen-bond donors (Lipinski definition) is 1. The van der Waals surface area contributed by atoms with Crippen LogP contribution >= 0.6 is 11.3 Å². The topological polar surface area (TPSA) is 86.9 Å². The second-order valence-electron chi connectivity index (χ2n) is 10.4. The lowest BCUT2D eigenvalue weighted by Gasteiger charge is -2.36. The molecule has 41 heavy (non-hydrogen) atoms. The summed E-state index contributed by atoms with van der Waals surface area (Å²) in [6.45, 7) is 2.94. The maximum absolute atomic E-state index is 15.4. The lowest BCUT2D eigenvalue weighted by atomic mass is 9.92. The summed E-state index contributed by atoms with van der Waals surface area (Å²) >= 11 is 1.38. The number of halogens is 2. The summed E-state index contributed by atoms with van der Waals surface area (Å²) in [4.78, 5) is 26.3. The molecular weight excluding hydrogens is 546 g/mol. The van der Waals surface area contributed by atoms with Gasteiger partial charge in [0, 0.05) is 42.0 Å². The van der Waals surface area contributed by atoms with Gasteiger partial charge in [-0.2, -0.15) is 5.10 Å². The molecule has 3 unspecified atom stereocenters. The number of carbonyl (C=O) groups is 1. The van der Waals surface area contributed by atoms with Crippen molar-refractivity contribution in [1.82, 2.24) is 24.5 Å². The molecule has 2 aliphatic heterocycles. The predicted molar refractivity (Wildman–Crippen MR) is 152 cm³/mol. The van der Waals surface area contributed by atoms with Gasteiger partial charge in [0.2, 0.25) is 0 Å². The van der Waals surface area contributed by atoms with Crippen LogP contribution in [0.5, 0.6) is 0 Å². The van der Waals surface area contributed by atoms with Gasteiger partial charge in [0.25, 0.3) is 5.91 Å². The van der Waals surface area contributed by atoms with Crippen LogP contribution in [0, 0.1) is 5.82 Å². The lowest BCUT2D eigenvalue weighted by molar-refractivity contribution is 0.0585. The Kier molecular flexibility index (Phi) is 6.28. The fraction of sp³-hybridized carbons (Fsp3) is 0.267. The molecule has 3 aromatic heterocycles. The normalized spacial score (nSPS) is 20.5. The molecule has 208 valence electrons. The molecule has 2 aliphatic rings. The number of β-amino-alcohol motifs (C(OH)–C–C–N with tert-alkyl or cyclic N) is 1. The van der Waals surface area contributed by atoms with Crippen molar-refractivity contribution in [3.8, 4) is 22.0 Å². The molecule has 1 N–H and O–H groups in total. The van der Waals surface area contributed by atoms with E-state index in [4.69, 9.17) is 0 Å². The van der Waals surface area contributed by atoms with Crippen LogP contribution in [0.3, 0.4) is 0 Å². The number of aromatic nitrogens is 4. The van der Waals surface area contributed by atoms with Crippen LogP contribution in [-0.2, 0) is 0 Å². The molecule has 3 atom stereocenters. The molecule has 1 saturated heterocycles. The highest BCUT2D eigenvalue weighted by atomic mass is 32.1. The first kappa shape index (κ1) is 25.7. The molecule has 2 aromatic carbocycles. The minimum atomic E-state index is -1.30. The van der Waals surface area contributed by atoms with E-state index in [0.29, 0.717) is 58.4 Å². The van der Waals surface area contributed by atoms with Gasteiger partial charge in [0.1, 0.15) is 28.4 Å². The molecule has 1 amide bonds. The minimum Gasteiger partial charge on any atom is -0.391 e. The predicted octanol–water partition coefficient (Wildman–Crippen LogP) is 5.46. The van der Waals surface area contributed by atoms with Gasteiger partial charge in [-0.3, -0.25) is 4.79 Å². The number of nitrogens with zero attached hydrogens (tertiary/aromatic N) is 6. The number of alkyl halides is 1. The highest BCUT2D eigenvalue weighted by Gasteiger charge is 2.35. The Balaban J connectivity index is 1.28. The number of hydrogen-bond acceptors (Lipinski definition) is 7.